The number of hydrogen-bond acceptors (Lipinski definition) is 4. The summed E-state index contributed by atoms with van der Waals surface area (Å²) >= 11 is 0. The molecule has 194 valence electrons. The minimum absolute atomic E-state index is 0.116. The van der Waals surface area contributed by atoms with Gasteiger partial charge in [-0.25, -0.2) is 4.39 Å². The molecule has 2 heterocycles. The Kier molecular flexibility index (Phi) is 8.97. The molecule has 2 amide bonds. The molecule has 0 aliphatic carbocycles. The van der Waals surface area contributed by atoms with Gasteiger partial charge in [0.2, 0.25) is 11.8 Å². The summed E-state index contributed by atoms with van der Waals surface area (Å²) in [5.74, 6) is 0.445. The second-order valence-electron chi connectivity index (χ2n) is 9.85. The first-order chi connectivity index (χ1) is 17.5. The van der Waals surface area contributed by atoms with E-state index in [0.717, 1.165) is 55.8 Å². The highest BCUT2D eigenvalue weighted by Gasteiger charge is 2.43. The Morgan fingerprint density at radius 2 is 1.83 bits per heavy atom. The van der Waals surface area contributed by atoms with E-state index in [9.17, 15) is 14.0 Å². The number of piperidine rings is 1. The van der Waals surface area contributed by atoms with E-state index in [-0.39, 0.29) is 29.6 Å². The normalized spacial score (nSPS) is 21.4. The second-order valence-corrected chi connectivity index (χ2v) is 9.85. The van der Waals surface area contributed by atoms with Crippen LogP contribution in [0.5, 0.6) is 5.75 Å². The molecule has 0 N–H and O–H groups in total. The summed E-state index contributed by atoms with van der Waals surface area (Å²) in [5, 5.41) is 0. The van der Waals surface area contributed by atoms with Gasteiger partial charge in [-0.1, -0.05) is 43.7 Å². The van der Waals surface area contributed by atoms with Crippen LogP contribution in [0.15, 0.2) is 48.5 Å². The van der Waals surface area contributed by atoms with E-state index in [1.54, 1.807) is 7.11 Å². The Bertz CT molecular complexity index is 1030. The van der Waals surface area contributed by atoms with Gasteiger partial charge in [-0.15, -0.1) is 0 Å². The van der Waals surface area contributed by atoms with Crippen molar-refractivity contribution < 1.29 is 18.7 Å². The third-order valence-electron chi connectivity index (χ3n) is 7.45. The van der Waals surface area contributed by atoms with Gasteiger partial charge < -0.3 is 14.5 Å². The van der Waals surface area contributed by atoms with E-state index < -0.39 is 0 Å². The Morgan fingerprint density at radius 1 is 1.06 bits per heavy atom. The molecule has 0 bridgehead atoms. The molecule has 2 saturated heterocycles. The predicted molar refractivity (Wildman–Crippen MR) is 138 cm³/mol. The Hall–Kier alpha value is -2.93. The topological polar surface area (TPSA) is 53.1 Å². The molecule has 2 unspecified atom stereocenters. The van der Waals surface area contributed by atoms with Gasteiger partial charge in [-0.2, -0.15) is 0 Å². The molecule has 6 nitrogen and oxygen atoms in total. The number of methoxy groups -OCH3 is 1. The Morgan fingerprint density at radius 3 is 2.58 bits per heavy atom. The third-order valence-corrected chi connectivity index (χ3v) is 7.45. The fourth-order valence-corrected chi connectivity index (χ4v) is 5.53. The molecule has 2 aromatic carbocycles. The second kappa shape index (κ2) is 12.3. The van der Waals surface area contributed by atoms with E-state index in [4.69, 9.17) is 4.74 Å². The highest BCUT2D eigenvalue weighted by molar-refractivity contribution is 5.85. The van der Waals surface area contributed by atoms with Crippen molar-refractivity contribution in [3.8, 4) is 5.75 Å². The largest absolute Gasteiger partial charge is 0.496 e. The summed E-state index contributed by atoms with van der Waals surface area (Å²) < 4.78 is 18.9. The minimum atomic E-state index is -0.319. The van der Waals surface area contributed by atoms with Crippen molar-refractivity contribution >= 4 is 11.8 Å². The molecule has 2 atom stereocenters. The maximum atomic E-state index is 14.0. The smallest absolute Gasteiger partial charge is 0.228 e. The number of rotatable bonds is 8. The number of likely N-dealkylation sites (tertiary alicyclic amines) is 1. The van der Waals surface area contributed by atoms with Crippen LogP contribution in [0.1, 0.15) is 56.2 Å². The zero-order valence-corrected chi connectivity index (χ0v) is 21.5. The number of nitrogens with zero attached hydrogens (tertiary/aromatic N) is 3. The molecule has 36 heavy (non-hydrogen) atoms. The lowest BCUT2D eigenvalue weighted by Gasteiger charge is -2.42. The van der Waals surface area contributed by atoms with Gasteiger partial charge in [-0.3, -0.25) is 14.5 Å². The lowest BCUT2D eigenvalue weighted by molar-refractivity contribution is -0.148. The van der Waals surface area contributed by atoms with Crippen molar-refractivity contribution in [3.63, 3.8) is 0 Å². The standard InChI is InChI=1S/C29H38FN3O3/c1-3-4-18-33-27(34)15-14-25(28(33)24-8-5-6-9-26(24)36-2)29(35)32-17-7-16-31(19-20-32)21-22-10-12-23(30)13-11-22/h5-6,8-13,25,28H,3-4,7,14-21H2,1-2H3. The lowest BCUT2D eigenvalue weighted by atomic mass is 9.82. The predicted octanol–water partition coefficient (Wildman–Crippen LogP) is 4.65. The van der Waals surface area contributed by atoms with Gasteiger partial charge in [-0.05, 0) is 43.0 Å². The van der Waals surface area contributed by atoms with E-state index >= 15 is 0 Å². The Labute approximate surface area is 214 Å². The SMILES string of the molecule is CCCCN1C(=O)CCC(C(=O)N2CCCN(Cc3ccc(F)cc3)CC2)C1c1ccccc1OC. The quantitative estimate of drug-likeness (QED) is 0.535. The van der Waals surface area contributed by atoms with Crippen molar-refractivity contribution in [3.05, 3.63) is 65.5 Å². The summed E-state index contributed by atoms with van der Waals surface area (Å²) in [6.45, 7) is 6.53. The summed E-state index contributed by atoms with van der Waals surface area (Å²) in [4.78, 5) is 33.3. The average Bonchev–Trinajstić information content (AvgIpc) is 3.14. The van der Waals surface area contributed by atoms with Gasteiger partial charge in [0.25, 0.3) is 0 Å². The molecule has 2 aliphatic rings. The van der Waals surface area contributed by atoms with Crippen LogP contribution in [0, 0.1) is 11.7 Å². The summed E-state index contributed by atoms with van der Waals surface area (Å²) in [5.41, 5.74) is 1.99. The first kappa shape index (κ1) is 26.1. The van der Waals surface area contributed by atoms with Crippen LogP contribution in [0.4, 0.5) is 4.39 Å². The van der Waals surface area contributed by atoms with E-state index in [0.29, 0.717) is 32.5 Å². The number of ether oxygens (including phenoxy) is 1. The van der Waals surface area contributed by atoms with Gasteiger partial charge in [0, 0.05) is 51.3 Å². The number of carbonyl (C=O) groups excluding carboxylic acids is 2. The van der Waals surface area contributed by atoms with Gasteiger partial charge >= 0.3 is 0 Å². The molecule has 2 fully saturated rings. The van der Waals surface area contributed by atoms with Crippen molar-refractivity contribution in [2.75, 3.05) is 39.8 Å². The monoisotopic (exact) mass is 495 g/mol. The van der Waals surface area contributed by atoms with Gasteiger partial charge in [0.15, 0.2) is 0 Å². The van der Waals surface area contributed by atoms with Crippen LogP contribution in [0.25, 0.3) is 0 Å². The van der Waals surface area contributed by atoms with E-state index in [1.165, 1.54) is 12.1 Å². The molecular weight excluding hydrogens is 457 g/mol. The molecule has 0 saturated carbocycles. The molecule has 7 heteroatoms. The molecule has 0 spiro atoms. The maximum absolute atomic E-state index is 14.0. The number of hydrogen-bond donors (Lipinski definition) is 0. The first-order valence-electron chi connectivity index (χ1n) is 13.2. The minimum Gasteiger partial charge on any atom is -0.496 e. The van der Waals surface area contributed by atoms with Crippen molar-refractivity contribution in [1.82, 2.24) is 14.7 Å². The number of unbranched alkanes of at least 4 members (excludes halogenated alkanes) is 1. The van der Waals surface area contributed by atoms with Crippen molar-refractivity contribution in [1.29, 1.82) is 0 Å². The van der Waals surface area contributed by atoms with Crippen LogP contribution in [-0.2, 0) is 16.1 Å². The van der Waals surface area contributed by atoms with Gasteiger partial charge in [0.05, 0.1) is 19.1 Å². The molecule has 0 radical (unpaired) electrons. The Balaban J connectivity index is 1.52. The molecule has 2 aliphatic heterocycles. The van der Waals surface area contributed by atoms with Crippen LogP contribution in [0.3, 0.4) is 0 Å². The third kappa shape index (κ3) is 6.06. The van der Waals surface area contributed by atoms with Crippen LogP contribution in [0.2, 0.25) is 0 Å². The highest BCUT2D eigenvalue weighted by Crippen LogP contribution is 2.41. The summed E-state index contributed by atoms with van der Waals surface area (Å²) in [6, 6.07) is 14.1. The molecule has 2 aromatic rings. The van der Waals surface area contributed by atoms with Crippen LogP contribution >= 0.6 is 0 Å². The van der Waals surface area contributed by atoms with Crippen LogP contribution < -0.4 is 4.74 Å². The fraction of sp³-hybridized carbons (Fsp3) is 0.517. The summed E-state index contributed by atoms with van der Waals surface area (Å²) in [7, 11) is 1.64. The van der Waals surface area contributed by atoms with E-state index in [1.807, 2.05) is 46.2 Å². The number of benzene rings is 2. The molecular formula is C29H38FN3O3. The average molecular weight is 496 g/mol. The van der Waals surface area contributed by atoms with Crippen molar-refractivity contribution in [2.24, 2.45) is 5.92 Å². The summed E-state index contributed by atoms with van der Waals surface area (Å²) in [6.07, 6.45) is 3.73. The number of amides is 2. The number of para-hydroxylation sites is 1. The number of halogens is 1. The highest BCUT2D eigenvalue weighted by atomic mass is 19.1. The van der Waals surface area contributed by atoms with Crippen LogP contribution in [-0.4, -0.2) is 66.3 Å². The fourth-order valence-electron chi connectivity index (χ4n) is 5.53. The van der Waals surface area contributed by atoms with Gasteiger partial charge in [0.1, 0.15) is 11.6 Å². The maximum Gasteiger partial charge on any atom is 0.228 e. The number of carbonyl (C=O) groups is 2. The zero-order chi connectivity index (χ0) is 25.5. The van der Waals surface area contributed by atoms with Crippen molar-refractivity contribution in [2.45, 2.75) is 51.6 Å². The zero-order valence-electron chi connectivity index (χ0n) is 21.5. The first-order valence-corrected chi connectivity index (χ1v) is 13.2. The lowest BCUT2D eigenvalue weighted by Crippen LogP contribution is -2.50. The molecule has 0 aromatic heterocycles. The van der Waals surface area contributed by atoms with E-state index in [2.05, 4.69) is 11.8 Å². The molecule has 4 rings (SSSR count).